The molecular weight excluding hydrogens is 326 g/mol. The van der Waals surface area contributed by atoms with Crippen LogP contribution in [0.25, 0.3) is 0 Å². The van der Waals surface area contributed by atoms with E-state index in [4.69, 9.17) is 4.74 Å². The van der Waals surface area contributed by atoms with Crippen molar-refractivity contribution in [3.05, 3.63) is 58.6 Å². The van der Waals surface area contributed by atoms with Crippen LogP contribution in [0, 0.1) is 10.1 Å². The van der Waals surface area contributed by atoms with E-state index in [1.54, 1.807) is 24.3 Å². The zero-order valence-electron chi connectivity index (χ0n) is 13.5. The van der Waals surface area contributed by atoms with Crippen LogP contribution in [0.15, 0.2) is 48.5 Å². The molecule has 2 aromatic carbocycles. The summed E-state index contributed by atoms with van der Waals surface area (Å²) in [6.07, 6.45) is 0.129. The molecule has 0 aliphatic rings. The van der Waals surface area contributed by atoms with Crippen LogP contribution in [0.2, 0.25) is 0 Å². The van der Waals surface area contributed by atoms with Crippen molar-refractivity contribution in [3.63, 3.8) is 0 Å². The first-order chi connectivity index (χ1) is 11.9. The number of hydrogen-bond donors (Lipinski definition) is 2. The lowest BCUT2D eigenvalue weighted by Gasteiger charge is -2.08. The molecule has 2 aromatic rings. The first kappa shape index (κ1) is 17.9. The predicted molar refractivity (Wildman–Crippen MR) is 92.6 cm³/mol. The number of hydrogen-bond acceptors (Lipinski definition) is 5. The van der Waals surface area contributed by atoms with E-state index in [2.05, 4.69) is 10.6 Å². The van der Waals surface area contributed by atoms with Gasteiger partial charge in [-0.15, -0.1) is 0 Å². The second-order valence-corrected chi connectivity index (χ2v) is 5.16. The number of nitrogens with zero attached hydrogens (tertiary/aromatic N) is 1. The highest BCUT2D eigenvalue weighted by Gasteiger charge is 2.06. The van der Waals surface area contributed by atoms with Crippen molar-refractivity contribution in [2.45, 2.75) is 13.3 Å². The van der Waals surface area contributed by atoms with Crippen LogP contribution in [-0.4, -0.2) is 23.3 Å². The highest BCUT2D eigenvalue weighted by atomic mass is 16.6. The molecule has 0 spiro atoms. The lowest BCUT2D eigenvalue weighted by molar-refractivity contribution is -0.384. The molecule has 0 aliphatic heterocycles. The van der Waals surface area contributed by atoms with E-state index in [-0.39, 0.29) is 30.5 Å². The van der Waals surface area contributed by atoms with Gasteiger partial charge in [0.25, 0.3) is 5.69 Å². The molecule has 0 heterocycles. The zero-order valence-corrected chi connectivity index (χ0v) is 13.5. The Bertz CT molecular complexity index is 757. The standard InChI is InChI=1S/C17H17N3O5/c1-12(21)18-13-2-4-14(5-3-13)19-17(22)10-11-25-16-8-6-15(7-9-16)20(23)24/h2-9H,10-11H2,1H3,(H,18,21)(H,19,22). The minimum Gasteiger partial charge on any atom is -0.493 e. The van der Waals surface area contributed by atoms with Crippen molar-refractivity contribution in [2.75, 3.05) is 17.2 Å². The van der Waals surface area contributed by atoms with Gasteiger partial charge >= 0.3 is 0 Å². The number of amides is 2. The lowest BCUT2D eigenvalue weighted by Crippen LogP contribution is -2.15. The second-order valence-electron chi connectivity index (χ2n) is 5.16. The third-order valence-corrected chi connectivity index (χ3v) is 3.13. The maximum Gasteiger partial charge on any atom is 0.269 e. The number of nitro benzene ring substituents is 1. The van der Waals surface area contributed by atoms with Crippen molar-refractivity contribution in [3.8, 4) is 5.75 Å². The number of rotatable bonds is 7. The average molecular weight is 343 g/mol. The first-order valence-corrected chi connectivity index (χ1v) is 7.49. The lowest BCUT2D eigenvalue weighted by atomic mass is 10.2. The summed E-state index contributed by atoms with van der Waals surface area (Å²) in [5.41, 5.74) is 1.23. The molecule has 2 N–H and O–H groups in total. The van der Waals surface area contributed by atoms with Crippen molar-refractivity contribution >= 4 is 28.9 Å². The van der Waals surface area contributed by atoms with Gasteiger partial charge in [-0.25, -0.2) is 0 Å². The number of nitrogens with one attached hydrogen (secondary N) is 2. The minimum absolute atomic E-state index is 0.0206. The average Bonchev–Trinajstić information content (AvgIpc) is 2.56. The fourth-order valence-electron chi connectivity index (χ4n) is 1.99. The second kappa shape index (κ2) is 8.44. The summed E-state index contributed by atoms with van der Waals surface area (Å²) in [6.45, 7) is 1.56. The number of non-ortho nitro benzene ring substituents is 1. The number of nitro groups is 1. The summed E-state index contributed by atoms with van der Waals surface area (Å²) in [5, 5.41) is 15.9. The van der Waals surface area contributed by atoms with E-state index in [0.29, 0.717) is 17.1 Å². The summed E-state index contributed by atoms with van der Waals surface area (Å²) in [7, 11) is 0. The van der Waals surface area contributed by atoms with Gasteiger partial charge < -0.3 is 15.4 Å². The van der Waals surface area contributed by atoms with Crippen LogP contribution in [0.4, 0.5) is 17.1 Å². The Kier molecular flexibility index (Phi) is 6.05. The van der Waals surface area contributed by atoms with Crippen molar-refractivity contribution in [1.29, 1.82) is 0 Å². The van der Waals surface area contributed by atoms with Gasteiger partial charge in [0.15, 0.2) is 0 Å². The van der Waals surface area contributed by atoms with Crippen molar-refractivity contribution in [2.24, 2.45) is 0 Å². The highest BCUT2D eigenvalue weighted by molar-refractivity contribution is 5.92. The highest BCUT2D eigenvalue weighted by Crippen LogP contribution is 2.17. The van der Waals surface area contributed by atoms with Crippen LogP contribution in [0.5, 0.6) is 5.75 Å². The van der Waals surface area contributed by atoms with E-state index < -0.39 is 4.92 Å². The van der Waals surface area contributed by atoms with Gasteiger partial charge in [0.1, 0.15) is 5.75 Å². The van der Waals surface area contributed by atoms with E-state index in [1.165, 1.54) is 31.2 Å². The molecule has 0 saturated heterocycles. The Morgan fingerprint density at radius 2 is 1.56 bits per heavy atom. The van der Waals surface area contributed by atoms with Gasteiger partial charge in [-0.2, -0.15) is 0 Å². The molecular formula is C17H17N3O5. The molecule has 0 radical (unpaired) electrons. The number of ether oxygens (including phenoxy) is 1. The van der Waals surface area contributed by atoms with Gasteiger partial charge in [0.2, 0.25) is 11.8 Å². The molecule has 0 bridgehead atoms. The maximum absolute atomic E-state index is 11.9. The Morgan fingerprint density at radius 1 is 1.00 bits per heavy atom. The number of anilines is 2. The topological polar surface area (TPSA) is 111 Å². The summed E-state index contributed by atoms with van der Waals surface area (Å²) < 4.78 is 5.38. The fraction of sp³-hybridized carbons (Fsp3) is 0.176. The van der Waals surface area contributed by atoms with Gasteiger partial charge in [0.05, 0.1) is 18.0 Å². The third-order valence-electron chi connectivity index (χ3n) is 3.13. The van der Waals surface area contributed by atoms with Gasteiger partial charge in [0, 0.05) is 30.4 Å². The predicted octanol–water partition coefficient (Wildman–Crippen LogP) is 2.96. The molecule has 0 saturated carbocycles. The largest absolute Gasteiger partial charge is 0.493 e. The van der Waals surface area contributed by atoms with Gasteiger partial charge in [-0.05, 0) is 36.4 Å². The molecule has 8 heteroatoms. The number of benzene rings is 2. The van der Waals surface area contributed by atoms with Crippen LogP contribution in [0.1, 0.15) is 13.3 Å². The summed E-state index contributed by atoms with van der Waals surface area (Å²) in [4.78, 5) is 32.9. The maximum atomic E-state index is 11.9. The Morgan fingerprint density at radius 3 is 2.08 bits per heavy atom. The van der Waals surface area contributed by atoms with Crippen LogP contribution >= 0.6 is 0 Å². The van der Waals surface area contributed by atoms with Crippen LogP contribution in [0.3, 0.4) is 0 Å². The number of carbonyl (C=O) groups is 2. The Balaban J connectivity index is 1.76. The minimum atomic E-state index is -0.492. The molecule has 0 fully saturated rings. The van der Waals surface area contributed by atoms with Crippen molar-refractivity contribution in [1.82, 2.24) is 0 Å². The Hall–Kier alpha value is -3.42. The molecule has 2 amide bonds. The third kappa shape index (κ3) is 5.94. The molecule has 2 rings (SSSR count). The summed E-state index contributed by atoms with van der Waals surface area (Å²) in [6, 6.07) is 12.4. The molecule has 0 atom stereocenters. The quantitative estimate of drug-likeness (QED) is 0.593. The smallest absolute Gasteiger partial charge is 0.269 e. The van der Waals surface area contributed by atoms with Crippen LogP contribution < -0.4 is 15.4 Å². The van der Waals surface area contributed by atoms with E-state index in [9.17, 15) is 19.7 Å². The molecule has 0 aliphatic carbocycles. The Labute approximate surface area is 144 Å². The molecule has 25 heavy (non-hydrogen) atoms. The molecule has 8 nitrogen and oxygen atoms in total. The fourth-order valence-corrected chi connectivity index (χ4v) is 1.99. The van der Waals surface area contributed by atoms with Crippen LogP contribution in [-0.2, 0) is 9.59 Å². The van der Waals surface area contributed by atoms with E-state index in [1.807, 2.05) is 0 Å². The zero-order chi connectivity index (χ0) is 18.2. The molecule has 0 aromatic heterocycles. The SMILES string of the molecule is CC(=O)Nc1ccc(NC(=O)CCOc2ccc([N+](=O)[O-])cc2)cc1. The van der Waals surface area contributed by atoms with E-state index in [0.717, 1.165) is 0 Å². The van der Waals surface area contributed by atoms with Crippen molar-refractivity contribution < 1.29 is 19.2 Å². The van der Waals surface area contributed by atoms with E-state index >= 15 is 0 Å². The first-order valence-electron chi connectivity index (χ1n) is 7.49. The summed E-state index contributed by atoms with van der Waals surface area (Å²) in [5.74, 6) is 0.0624. The van der Waals surface area contributed by atoms with Gasteiger partial charge in [-0.3, -0.25) is 19.7 Å². The summed E-state index contributed by atoms with van der Waals surface area (Å²) >= 11 is 0. The normalized spacial score (nSPS) is 9.96. The monoisotopic (exact) mass is 343 g/mol. The van der Waals surface area contributed by atoms with Gasteiger partial charge in [-0.1, -0.05) is 0 Å². The molecule has 130 valence electrons. The number of carbonyl (C=O) groups excluding carboxylic acids is 2. The molecule has 0 unspecified atom stereocenters.